The zero-order valence-corrected chi connectivity index (χ0v) is 17.0. The van der Waals surface area contributed by atoms with E-state index in [1.807, 2.05) is 76.9 Å². The molecule has 2 aliphatic heterocycles. The summed E-state index contributed by atoms with van der Waals surface area (Å²) >= 11 is 0. The van der Waals surface area contributed by atoms with Gasteiger partial charge in [-0.05, 0) is 26.3 Å². The Morgan fingerprint density at radius 3 is 2.48 bits per heavy atom. The highest BCUT2D eigenvalue weighted by atomic mass is 16.6. The maximum Gasteiger partial charge on any atom is 0.256 e. The Labute approximate surface area is 161 Å². The predicted octanol–water partition coefficient (Wildman–Crippen LogP) is 3.38. The van der Waals surface area contributed by atoms with Gasteiger partial charge in [-0.15, -0.1) is 0 Å². The van der Waals surface area contributed by atoms with Crippen molar-refractivity contribution in [3.63, 3.8) is 0 Å². The van der Waals surface area contributed by atoms with Crippen LogP contribution in [-0.4, -0.2) is 39.2 Å². The third-order valence-electron chi connectivity index (χ3n) is 5.26. The molecule has 2 heterocycles. The van der Waals surface area contributed by atoms with E-state index in [-0.39, 0.29) is 23.3 Å². The molecule has 6 heteroatoms. The average Bonchev–Trinajstić information content (AvgIpc) is 3.05. The van der Waals surface area contributed by atoms with Crippen LogP contribution in [0.25, 0.3) is 0 Å². The number of imide groups is 1. The Morgan fingerprint density at radius 2 is 1.89 bits per heavy atom. The summed E-state index contributed by atoms with van der Waals surface area (Å²) in [5.74, 6) is -0.977. The summed E-state index contributed by atoms with van der Waals surface area (Å²) in [6.45, 7) is 12.3. The Morgan fingerprint density at radius 1 is 1.26 bits per heavy atom. The largest absolute Gasteiger partial charge is 0.392 e. The van der Waals surface area contributed by atoms with Gasteiger partial charge in [-0.25, -0.2) is 10.0 Å². The molecule has 6 nitrogen and oxygen atoms in total. The quantitative estimate of drug-likeness (QED) is 0.764. The molecule has 0 spiro atoms. The molecule has 146 valence electrons. The molecular weight excluding hydrogens is 342 g/mol. The molecule has 27 heavy (non-hydrogen) atoms. The maximum atomic E-state index is 13.5. The molecule has 2 aliphatic rings. The summed E-state index contributed by atoms with van der Waals surface area (Å²) in [6, 6.07) is 9.89. The lowest BCUT2D eigenvalue weighted by atomic mass is 9.80. The first kappa shape index (κ1) is 19.5. The molecule has 0 saturated carbocycles. The molecule has 2 amide bonds. The third-order valence-corrected chi connectivity index (χ3v) is 5.26. The van der Waals surface area contributed by atoms with Crippen LogP contribution in [0.15, 0.2) is 35.5 Å². The number of carbonyl (C=O) groups excluding carboxylic acids is 2. The zero-order valence-electron chi connectivity index (χ0n) is 17.0. The molecule has 0 aliphatic carbocycles. The fourth-order valence-electron chi connectivity index (χ4n) is 3.76. The average molecular weight is 371 g/mol. The SMILES string of the molecule is C[C@@H]1ON=C(C(C)(C)C)[C@H]1C(=O)N1C(=O)CC(C)(C)N1Cc1ccccc1. The molecule has 1 saturated heterocycles. The zero-order chi connectivity index (χ0) is 20.0. The topological polar surface area (TPSA) is 62.2 Å². The number of benzene rings is 1. The minimum Gasteiger partial charge on any atom is -0.392 e. The van der Waals surface area contributed by atoms with E-state index in [0.717, 1.165) is 5.56 Å². The van der Waals surface area contributed by atoms with Gasteiger partial charge < -0.3 is 4.84 Å². The monoisotopic (exact) mass is 371 g/mol. The molecular formula is C21H29N3O3. The van der Waals surface area contributed by atoms with E-state index in [9.17, 15) is 9.59 Å². The van der Waals surface area contributed by atoms with Gasteiger partial charge in [0.25, 0.3) is 5.91 Å². The highest BCUT2D eigenvalue weighted by Gasteiger charge is 2.52. The van der Waals surface area contributed by atoms with Crippen LogP contribution in [0.1, 0.15) is 53.5 Å². The predicted molar refractivity (Wildman–Crippen MR) is 103 cm³/mol. The Kier molecular flexibility index (Phi) is 4.89. The van der Waals surface area contributed by atoms with Crippen molar-refractivity contribution < 1.29 is 14.4 Å². The molecule has 3 rings (SSSR count). The molecule has 0 radical (unpaired) electrons. The molecule has 1 aromatic rings. The van der Waals surface area contributed by atoms with Crippen LogP contribution in [0.5, 0.6) is 0 Å². The summed E-state index contributed by atoms with van der Waals surface area (Å²) in [6.07, 6.45) is -0.0861. The van der Waals surface area contributed by atoms with Gasteiger partial charge in [-0.1, -0.05) is 56.3 Å². The van der Waals surface area contributed by atoms with Crippen LogP contribution < -0.4 is 0 Å². The first-order valence-electron chi connectivity index (χ1n) is 9.45. The number of oxime groups is 1. The summed E-state index contributed by atoms with van der Waals surface area (Å²) in [5, 5.41) is 7.40. The highest BCUT2D eigenvalue weighted by Crippen LogP contribution is 2.37. The Hall–Kier alpha value is -2.21. The van der Waals surface area contributed by atoms with E-state index in [1.54, 1.807) is 0 Å². The fraction of sp³-hybridized carbons (Fsp3) is 0.571. The number of amides is 2. The number of hydrazine groups is 1. The molecule has 0 bridgehead atoms. The third kappa shape index (κ3) is 3.63. The van der Waals surface area contributed by atoms with Crippen molar-refractivity contribution in [2.24, 2.45) is 16.5 Å². The van der Waals surface area contributed by atoms with Crippen molar-refractivity contribution in [3.05, 3.63) is 35.9 Å². The van der Waals surface area contributed by atoms with Crippen LogP contribution in [0.4, 0.5) is 0 Å². The molecule has 0 N–H and O–H groups in total. The van der Waals surface area contributed by atoms with Crippen LogP contribution in [0.2, 0.25) is 0 Å². The molecule has 2 atom stereocenters. The van der Waals surface area contributed by atoms with Crippen molar-refractivity contribution in [3.8, 4) is 0 Å². The smallest absolute Gasteiger partial charge is 0.256 e. The summed E-state index contributed by atoms with van der Waals surface area (Å²) < 4.78 is 0. The lowest BCUT2D eigenvalue weighted by Crippen LogP contribution is -2.54. The van der Waals surface area contributed by atoms with Crippen molar-refractivity contribution in [2.45, 2.75) is 66.2 Å². The van der Waals surface area contributed by atoms with Gasteiger partial charge in [-0.3, -0.25) is 9.59 Å². The standard InChI is InChI=1S/C21H29N3O3/c1-14-17(18(22-27-14)20(2,3)4)19(26)24-16(25)12-21(5,6)23(24)13-15-10-8-7-9-11-15/h7-11,14,17H,12-13H2,1-6H3/t14-,17-/m0/s1. The highest BCUT2D eigenvalue weighted by molar-refractivity contribution is 6.11. The minimum absolute atomic E-state index is 0.173. The first-order valence-corrected chi connectivity index (χ1v) is 9.45. The van der Waals surface area contributed by atoms with Crippen molar-refractivity contribution in [1.29, 1.82) is 0 Å². The van der Waals surface area contributed by atoms with Crippen LogP contribution in [0.3, 0.4) is 0 Å². The van der Waals surface area contributed by atoms with Gasteiger partial charge in [0.05, 0.1) is 5.71 Å². The molecule has 0 unspecified atom stereocenters. The second-order valence-corrected chi connectivity index (χ2v) is 9.09. The first-order chi connectivity index (χ1) is 12.5. The van der Waals surface area contributed by atoms with Crippen LogP contribution in [-0.2, 0) is 21.0 Å². The minimum atomic E-state index is -0.555. The number of rotatable bonds is 3. The van der Waals surface area contributed by atoms with E-state index >= 15 is 0 Å². The lowest BCUT2D eigenvalue weighted by Gasteiger charge is -2.37. The summed E-state index contributed by atoms with van der Waals surface area (Å²) in [7, 11) is 0. The van der Waals surface area contributed by atoms with Gasteiger partial charge in [0.2, 0.25) is 5.91 Å². The van der Waals surface area contributed by atoms with Crippen LogP contribution in [0, 0.1) is 11.3 Å². The second kappa shape index (κ2) is 6.75. The van der Waals surface area contributed by atoms with Crippen molar-refractivity contribution >= 4 is 17.5 Å². The lowest BCUT2D eigenvalue weighted by molar-refractivity contribution is -0.164. The Bertz CT molecular complexity index is 765. The number of nitrogens with zero attached hydrogens (tertiary/aromatic N) is 3. The van der Waals surface area contributed by atoms with Crippen molar-refractivity contribution in [2.75, 3.05) is 0 Å². The number of hydrogen-bond donors (Lipinski definition) is 0. The molecule has 1 fully saturated rings. The molecule has 0 aromatic heterocycles. The molecule has 1 aromatic carbocycles. The van der Waals surface area contributed by atoms with E-state index in [0.29, 0.717) is 18.7 Å². The summed E-state index contributed by atoms with van der Waals surface area (Å²) in [5.41, 5.74) is 0.994. The van der Waals surface area contributed by atoms with Gasteiger partial charge in [0.1, 0.15) is 12.0 Å². The van der Waals surface area contributed by atoms with E-state index in [1.165, 1.54) is 5.01 Å². The number of hydrogen-bond acceptors (Lipinski definition) is 5. The second-order valence-electron chi connectivity index (χ2n) is 9.09. The van der Waals surface area contributed by atoms with E-state index in [4.69, 9.17) is 4.84 Å². The fourth-order valence-corrected chi connectivity index (χ4v) is 3.76. The maximum absolute atomic E-state index is 13.5. The van der Waals surface area contributed by atoms with Gasteiger partial charge >= 0.3 is 0 Å². The Balaban J connectivity index is 1.93. The van der Waals surface area contributed by atoms with Crippen molar-refractivity contribution in [1.82, 2.24) is 10.0 Å². The normalized spacial score (nSPS) is 25.5. The summed E-state index contributed by atoms with van der Waals surface area (Å²) in [4.78, 5) is 31.8. The number of carbonyl (C=O) groups is 2. The van der Waals surface area contributed by atoms with E-state index < -0.39 is 11.5 Å². The van der Waals surface area contributed by atoms with Gasteiger partial charge in [0.15, 0.2) is 0 Å². The van der Waals surface area contributed by atoms with E-state index in [2.05, 4.69) is 5.16 Å². The van der Waals surface area contributed by atoms with Crippen LogP contribution >= 0.6 is 0 Å². The van der Waals surface area contributed by atoms with Gasteiger partial charge in [-0.2, -0.15) is 0 Å². The van der Waals surface area contributed by atoms with Gasteiger partial charge in [0, 0.05) is 23.9 Å².